The summed E-state index contributed by atoms with van der Waals surface area (Å²) in [6, 6.07) is 14.0. The van der Waals surface area contributed by atoms with Crippen LogP contribution in [0.5, 0.6) is 0 Å². The predicted molar refractivity (Wildman–Crippen MR) is 105 cm³/mol. The lowest BCUT2D eigenvalue weighted by Gasteiger charge is -2.03. The van der Waals surface area contributed by atoms with Crippen LogP contribution in [0.2, 0.25) is 0 Å². The minimum absolute atomic E-state index is 0.114. The molecule has 3 heterocycles. The van der Waals surface area contributed by atoms with Gasteiger partial charge in [-0.2, -0.15) is 9.61 Å². The summed E-state index contributed by atoms with van der Waals surface area (Å²) in [5, 5.41) is 6.40. The maximum atomic E-state index is 12.4. The van der Waals surface area contributed by atoms with E-state index in [0.29, 0.717) is 6.61 Å². The van der Waals surface area contributed by atoms with Gasteiger partial charge >= 0.3 is 0 Å². The molecule has 3 aromatic heterocycles. The number of aromatic amines is 1. The lowest BCUT2D eigenvalue weighted by Crippen LogP contribution is -2.15. The van der Waals surface area contributed by atoms with Crippen LogP contribution in [0.1, 0.15) is 12.1 Å². The average Bonchev–Trinajstić information content (AvgIpc) is 3.30. The molecule has 4 rings (SSSR count). The van der Waals surface area contributed by atoms with E-state index in [9.17, 15) is 4.79 Å². The summed E-state index contributed by atoms with van der Waals surface area (Å²) in [5.74, 6) is 0. The molecule has 0 radical (unpaired) electrons. The van der Waals surface area contributed by atoms with Crippen molar-refractivity contribution in [3.63, 3.8) is 0 Å². The number of ether oxygens (including phenoxy) is 1. The highest BCUT2D eigenvalue weighted by molar-refractivity contribution is 7.14. The van der Waals surface area contributed by atoms with Crippen molar-refractivity contribution in [2.75, 3.05) is 13.7 Å². The van der Waals surface area contributed by atoms with Crippen LogP contribution in [-0.4, -0.2) is 28.3 Å². The van der Waals surface area contributed by atoms with Crippen molar-refractivity contribution in [1.82, 2.24) is 14.6 Å². The number of nitrogens with zero attached hydrogens (tertiary/aromatic N) is 2. The van der Waals surface area contributed by atoms with Crippen molar-refractivity contribution >= 4 is 17.0 Å². The number of nitrogens with one attached hydrogen (secondary N) is 1. The van der Waals surface area contributed by atoms with E-state index in [1.54, 1.807) is 30.7 Å². The molecule has 0 atom stereocenters. The van der Waals surface area contributed by atoms with Crippen LogP contribution in [0.4, 0.5) is 0 Å². The molecule has 26 heavy (non-hydrogen) atoms. The van der Waals surface area contributed by atoms with Gasteiger partial charge in [-0.15, -0.1) is 11.3 Å². The molecule has 0 aliphatic carbocycles. The summed E-state index contributed by atoms with van der Waals surface area (Å²) < 4.78 is 6.52. The zero-order valence-corrected chi connectivity index (χ0v) is 15.3. The molecule has 1 aromatic carbocycles. The second-order valence-corrected chi connectivity index (χ2v) is 7.02. The zero-order valence-electron chi connectivity index (χ0n) is 14.4. The number of benzene rings is 1. The molecule has 132 valence electrons. The maximum Gasteiger partial charge on any atom is 0.274 e. The first-order valence-corrected chi connectivity index (χ1v) is 9.37. The Bertz CT molecular complexity index is 1080. The van der Waals surface area contributed by atoms with Crippen LogP contribution in [0.15, 0.2) is 58.8 Å². The second kappa shape index (κ2) is 7.27. The molecule has 5 nitrogen and oxygen atoms in total. The van der Waals surface area contributed by atoms with Crippen LogP contribution in [0, 0.1) is 0 Å². The van der Waals surface area contributed by atoms with Gasteiger partial charge in [0.05, 0.1) is 11.8 Å². The quantitative estimate of drug-likeness (QED) is 0.526. The Labute approximate surface area is 154 Å². The van der Waals surface area contributed by atoms with Crippen LogP contribution in [-0.2, 0) is 11.2 Å². The molecule has 6 heteroatoms. The molecule has 0 saturated heterocycles. The first-order valence-electron chi connectivity index (χ1n) is 8.49. The molecular weight excluding hydrogens is 346 g/mol. The van der Waals surface area contributed by atoms with Gasteiger partial charge in [-0.25, -0.2) is 0 Å². The van der Waals surface area contributed by atoms with Gasteiger partial charge in [0.2, 0.25) is 0 Å². The SMILES string of the molecule is COCCCc1cc(=O)n2ncc(-c3cc(-c4ccccc4)cs3)c2[nH]1. The third-order valence-electron chi connectivity index (χ3n) is 4.32. The molecule has 0 amide bonds. The van der Waals surface area contributed by atoms with E-state index in [-0.39, 0.29) is 5.56 Å². The van der Waals surface area contributed by atoms with E-state index in [0.717, 1.165) is 34.6 Å². The summed E-state index contributed by atoms with van der Waals surface area (Å²) >= 11 is 1.65. The van der Waals surface area contributed by atoms with Crippen LogP contribution in [0.25, 0.3) is 27.2 Å². The van der Waals surface area contributed by atoms with Gasteiger partial charge in [-0.05, 0) is 35.4 Å². The summed E-state index contributed by atoms with van der Waals surface area (Å²) in [6.07, 6.45) is 3.39. The smallest absolute Gasteiger partial charge is 0.274 e. The standard InChI is InChI=1S/C20H19N3O2S/c1-25-9-5-8-16-11-19(24)23-20(22-16)17(12-21-23)18-10-15(13-26-18)14-6-3-2-4-7-14/h2-4,6-7,10-13,22H,5,8-9H2,1H3. The highest BCUT2D eigenvalue weighted by Crippen LogP contribution is 2.33. The molecule has 4 aromatic rings. The number of fused-ring (bicyclic) bond motifs is 1. The van der Waals surface area contributed by atoms with Crippen molar-refractivity contribution in [3.05, 3.63) is 70.1 Å². The Balaban J connectivity index is 1.73. The summed E-state index contributed by atoms with van der Waals surface area (Å²) in [5.41, 5.74) is 4.83. The van der Waals surface area contributed by atoms with Crippen molar-refractivity contribution in [2.24, 2.45) is 0 Å². The van der Waals surface area contributed by atoms with Gasteiger partial charge in [0.25, 0.3) is 5.56 Å². The van der Waals surface area contributed by atoms with Gasteiger partial charge < -0.3 is 9.72 Å². The molecule has 0 fully saturated rings. The van der Waals surface area contributed by atoms with Gasteiger partial charge in [-0.3, -0.25) is 4.79 Å². The number of aryl methyl sites for hydroxylation is 1. The van der Waals surface area contributed by atoms with Crippen molar-refractivity contribution in [2.45, 2.75) is 12.8 Å². The van der Waals surface area contributed by atoms with Gasteiger partial charge in [0.1, 0.15) is 5.65 Å². The second-order valence-electron chi connectivity index (χ2n) is 6.11. The van der Waals surface area contributed by atoms with Crippen molar-refractivity contribution < 1.29 is 4.74 Å². The predicted octanol–water partition coefficient (Wildman–Crippen LogP) is 4.00. The number of thiophene rings is 1. The Morgan fingerprint density at radius 1 is 1.19 bits per heavy atom. The summed E-state index contributed by atoms with van der Waals surface area (Å²) in [6.45, 7) is 0.671. The maximum absolute atomic E-state index is 12.4. The van der Waals surface area contributed by atoms with Crippen LogP contribution in [0.3, 0.4) is 0 Å². The fourth-order valence-electron chi connectivity index (χ4n) is 3.02. The normalized spacial score (nSPS) is 11.3. The number of rotatable bonds is 6. The topological polar surface area (TPSA) is 59.4 Å². The van der Waals surface area contributed by atoms with Gasteiger partial charge in [0, 0.05) is 30.4 Å². The molecule has 1 N–H and O–H groups in total. The third-order valence-corrected chi connectivity index (χ3v) is 5.28. The Morgan fingerprint density at radius 2 is 2.04 bits per heavy atom. The number of aromatic nitrogens is 3. The van der Waals surface area contributed by atoms with Crippen LogP contribution < -0.4 is 5.56 Å². The number of methoxy groups -OCH3 is 1. The number of H-pyrrole nitrogens is 1. The van der Waals surface area contributed by atoms with Gasteiger partial charge in [0.15, 0.2) is 0 Å². The number of hydrogen-bond acceptors (Lipinski definition) is 4. The third kappa shape index (κ3) is 3.21. The van der Waals surface area contributed by atoms with E-state index in [1.165, 1.54) is 15.6 Å². The van der Waals surface area contributed by atoms with Crippen molar-refractivity contribution in [3.8, 4) is 21.6 Å². The Morgan fingerprint density at radius 3 is 2.85 bits per heavy atom. The number of hydrogen-bond donors (Lipinski definition) is 1. The highest BCUT2D eigenvalue weighted by Gasteiger charge is 2.13. The van der Waals surface area contributed by atoms with Gasteiger partial charge in [-0.1, -0.05) is 30.3 Å². The molecule has 0 aliphatic rings. The van der Waals surface area contributed by atoms with E-state index >= 15 is 0 Å². The largest absolute Gasteiger partial charge is 0.385 e. The fourth-order valence-corrected chi connectivity index (χ4v) is 3.94. The van der Waals surface area contributed by atoms with E-state index in [2.05, 4.69) is 33.7 Å². The summed E-state index contributed by atoms with van der Waals surface area (Å²) in [4.78, 5) is 16.8. The fraction of sp³-hybridized carbons (Fsp3) is 0.200. The van der Waals surface area contributed by atoms with E-state index in [4.69, 9.17) is 4.74 Å². The Hall–Kier alpha value is -2.70. The monoisotopic (exact) mass is 365 g/mol. The minimum atomic E-state index is -0.114. The molecule has 0 aliphatic heterocycles. The first kappa shape index (κ1) is 16.8. The first-order chi connectivity index (χ1) is 12.8. The average molecular weight is 365 g/mol. The van der Waals surface area contributed by atoms with Crippen molar-refractivity contribution in [1.29, 1.82) is 0 Å². The molecule has 0 saturated carbocycles. The summed E-state index contributed by atoms with van der Waals surface area (Å²) in [7, 11) is 1.68. The Kier molecular flexibility index (Phi) is 4.69. The van der Waals surface area contributed by atoms with E-state index < -0.39 is 0 Å². The molecule has 0 spiro atoms. The highest BCUT2D eigenvalue weighted by atomic mass is 32.1. The lowest BCUT2D eigenvalue weighted by atomic mass is 10.1. The molecule has 0 bridgehead atoms. The van der Waals surface area contributed by atoms with E-state index in [1.807, 2.05) is 18.2 Å². The minimum Gasteiger partial charge on any atom is -0.385 e. The molecular formula is C20H19N3O2S. The lowest BCUT2D eigenvalue weighted by molar-refractivity contribution is 0.195. The van der Waals surface area contributed by atoms with Crippen LogP contribution >= 0.6 is 11.3 Å². The molecule has 0 unspecified atom stereocenters. The zero-order chi connectivity index (χ0) is 17.9.